The minimum Gasteiger partial charge on any atom is -0.417 e. The Hall–Kier alpha value is -1.38. The molecule has 0 aromatic heterocycles. The lowest BCUT2D eigenvalue weighted by Gasteiger charge is -2.25. The van der Waals surface area contributed by atoms with Gasteiger partial charge in [-0.1, -0.05) is 47.7 Å². The first kappa shape index (κ1) is 16.0. The molecule has 4 nitrogen and oxygen atoms in total. The Kier molecular flexibility index (Phi) is 6.71. The van der Waals surface area contributed by atoms with E-state index in [9.17, 15) is 4.79 Å². The van der Waals surface area contributed by atoms with Gasteiger partial charge < -0.3 is 4.74 Å². The van der Waals surface area contributed by atoms with Gasteiger partial charge in [-0.3, -0.25) is 0 Å². The van der Waals surface area contributed by atoms with Crippen molar-refractivity contribution in [1.82, 2.24) is 0 Å². The molecule has 0 aliphatic rings. The Morgan fingerprint density at radius 3 is 2.52 bits per heavy atom. The van der Waals surface area contributed by atoms with Crippen molar-refractivity contribution in [2.75, 3.05) is 4.40 Å². The second-order valence-corrected chi connectivity index (χ2v) is 6.08. The third kappa shape index (κ3) is 6.28. The molecule has 0 saturated carbocycles. The molecule has 0 radical (unpaired) electrons. The molecule has 0 aliphatic carbocycles. The van der Waals surface area contributed by atoms with E-state index in [2.05, 4.69) is 4.99 Å². The van der Waals surface area contributed by atoms with Crippen LogP contribution < -0.4 is 0 Å². The van der Waals surface area contributed by atoms with Gasteiger partial charge in [0.1, 0.15) is 5.60 Å². The number of hydrogen-bond donors (Lipinski definition) is 0. The first-order valence-corrected chi connectivity index (χ1v) is 7.48. The van der Waals surface area contributed by atoms with E-state index in [1.54, 1.807) is 12.3 Å². The maximum Gasteiger partial charge on any atom is 0.287 e. The first-order chi connectivity index (χ1) is 10.6. The molecule has 0 fully saturated rings. The molecule has 0 heterocycles. The van der Waals surface area contributed by atoms with Gasteiger partial charge >= 0.3 is 0 Å². The van der Waals surface area contributed by atoms with E-state index in [1.165, 1.54) is 0 Å². The van der Waals surface area contributed by atoms with E-state index in [-0.39, 0.29) is 11.3 Å². The van der Waals surface area contributed by atoms with Crippen LogP contribution in [-0.2, 0) is 20.7 Å². The zero-order valence-electron chi connectivity index (χ0n) is 14.7. The molecule has 21 heavy (non-hydrogen) atoms. The maximum absolute atomic E-state index is 10.4. The highest BCUT2D eigenvalue weighted by molar-refractivity contribution is 14.1. The number of alkyl halides is 1. The number of halogens is 1. The zero-order chi connectivity index (χ0) is 18.1. The Morgan fingerprint density at radius 2 is 2.05 bits per heavy atom. The lowest BCUT2D eigenvalue weighted by atomic mass is 9.89. The van der Waals surface area contributed by atoms with Crippen molar-refractivity contribution in [2.24, 2.45) is 4.99 Å². The molecule has 1 rings (SSSR count). The fourth-order valence-electron chi connectivity index (χ4n) is 1.63. The van der Waals surface area contributed by atoms with Gasteiger partial charge in [0.05, 0.1) is 5.54 Å². The highest BCUT2D eigenvalue weighted by Crippen LogP contribution is 2.30. The second-order valence-electron chi connectivity index (χ2n) is 5.20. The molecule has 0 amide bonds. The first-order valence-electron chi connectivity index (χ1n) is 7.52. The van der Waals surface area contributed by atoms with Crippen LogP contribution in [0.3, 0.4) is 0 Å². The van der Waals surface area contributed by atoms with Crippen LogP contribution in [0.15, 0.2) is 29.3 Å². The van der Waals surface area contributed by atoms with Gasteiger partial charge in [0.25, 0.3) is 6.26 Å². The summed E-state index contributed by atoms with van der Waals surface area (Å²) in [5.41, 5.74) is 0.389. The third-order valence-electron chi connectivity index (χ3n) is 2.89. The van der Waals surface area contributed by atoms with Gasteiger partial charge in [-0.05, 0) is 49.3 Å². The summed E-state index contributed by atoms with van der Waals surface area (Å²) in [7, 11) is 0. The van der Waals surface area contributed by atoms with Crippen molar-refractivity contribution in [2.45, 2.75) is 45.7 Å². The molecule has 114 valence electrons. The van der Waals surface area contributed by atoms with Crippen molar-refractivity contribution >= 4 is 28.7 Å². The van der Waals surface area contributed by atoms with Gasteiger partial charge in [-0.25, -0.2) is 4.79 Å². The number of nitriles is 1. The van der Waals surface area contributed by atoms with Crippen molar-refractivity contribution in [3.63, 3.8) is 0 Å². The molecule has 0 N–H and O–H groups in total. The van der Waals surface area contributed by atoms with Crippen LogP contribution in [-0.4, -0.2) is 10.5 Å². The second kappa shape index (κ2) is 8.81. The fourth-order valence-corrected chi connectivity index (χ4v) is 1.63. The molecule has 1 aromatic rings. The Bertz CT molecular complexity index is 592. The minimum absolute atomic E-state index is 0.209. The molecular weight excluding hydrogens is 379 g/mol. The van der Waals surface area contributed by atoms with Crippen LogP contribution in [0, 0.1) is 11.5 Å². The van der Waals surface area contributed by atoms with E-state index in [1.807, 2.05) is 74.6 Å². The Morgan fingerprint density at radius 1 is 1.48 bits per heavy atom. The summed E-state index contributed by atoms with van der Waals surface area (Å²) in [6, 6.07) is 7.50. The van der Waals surface area contributed by atoms with Crippen LogP contribution in [0.2, 0.25) is 0 Å². The highest BCUT2D eigenvalue weighted by Gasteiger charge is 2.26. The van der Waals surface area contributed by atoms with Crippen molar-refractivity contribution in [3.8, 4) is 6.26 Å². The predicted molar refractivity (Wildman–Crippen MR) is 91.9 cm³/mol. The number of nitrogens with zero attached hydrogens (tertiary/aromatic N) is 2. The molecule has 0 bridgehead atoms. The summed E-state index contributed by atoms with van der Waals surface area (Å²) in [6.07, 6.45) is 3.29. The number of hydrogen-bond acceptors (Lipinski definition) is 4. The monoisotopic (exact) mass is 403 g/mol. The number of ether oxygens (including phenoxy) is 1. The standard InChI is InChI=1S/C14H16N2O2.C2H5I/c1-13(2,16-10-17)11-6-5-7-12(8-11)14(3,4)18-9-15;1-2-3/h5-8H,1-4H3;2H2,1H3/i;1T,2D. The van der Waals surface area contributed by atoms with E-state index < -0.39 is 11.1 Å². The van der Waals surface area contributed by atoms with Gasteiger partial charge in [0, 0.05) is 2.74 Å². The van der Waals surface area contributed by atoms with E-state index >= 15 is 0 Å². The third-order valence-corrected chi connectivity index (χ3v) is 2.89. The van der Waals surface area contributed by atoms with Crippen LogP contribution >= 0.6 is 22.6 Å². The van der Waals surface area contributed by atoms with Crippen molar-refractivity contribution in [1.29, 1.82) is 5.26 Å². The SMILES string of the molecule is CC(C)(N=C=O)c1cccc(C(C)(C)OC#N)c1.[2H]C(I)C[3H]. The maximum atomic E-state index is 10.4. The van der Waals surface area contributed by atoms with Crippen LogP contribution in [0.5, 0.6) is 0 Å². The number of aliphatic imine (C=N–C) groups is 1. The fraction of sp³-hybridized carbons (Fsp3) is 0.500. The summed E-state index contributed by atoms with van der Waals surface area (Å²) in [4.78, 5) is 14.2. The Balaban J connectivity index is 0.000000841. The number of isocyanates is 1. The lowest BCUT2D eigenvalue weighted by molar-refractivity contribution is 0.0701. The normalized spacial score (nSPS) is 13.3. The quantitative estimate of drug-likeness (QED) is 0.246. The topological polar surface area (TPSA) is 62.4 Å². The summed E-state index contributed by atoms with van der Waals surface area (Å²) < 4.78 is 17.9. The Labute approximate surface area is 143 Å². The largest absolute Gasteiger partial charge is 0.417 e. The molecule has 0 spiro atoms. The van der Waals surface area contributed by atoms with Gasteiger partial charge in [-0.15, -0.1) is 0 Å². The van der Waals surface area contributed by atoms with Crippen LogP contribution in [0.25, 0.3) is 0 Å². The summed E-state index contributed by atoms with van der Waals surface area (Å²) in [5.74, 6) is 0. The molecular formula is C16H21IN2O2. The minimum atomic E-state index is -0.703. The highest BCUT2D eigenvalue weighted by atomic mass is 127. The molecule has 0 saturated heterocycles. The van der Waals surface area contributed by atoms with Crippen LogP contribution in [0.4, 0.5) is 0 Å². The molecule has 1 aromatic carbocycles. The zero-order valence-corrected chi connectivity index (χ0v) is 14.8. The van der Waals surface area contributed by atoms with E-state index in [0.29, 0.717) is 0 Å². The number of carbonyl (C=O) groups excluding carboxylic acids is 1. The number of benzene rings is 1. The predicted octanol–water partition coefficient (Wildman–Crippen LogP) is 4.43. The lowest BCUT2D eigenvalue weighted by Crippen LogP contribution is -2.21. The van der Waals surface area contributed by atoms with Crippen LogP contribution in [0.1, 0.15) is 48.5 Å². The van der Waals surface area contributed by atoms with Gasteiger partial charge in [0.15, 0.2) is 0 Å². The summed E-state index contributed by atoms with van der Waals surface area (Å²) in [5, 5.41) is 8.63. The average Bonchev–Trinajstić information content (AvgIpc) is 2.48. The van der Waals surface area contributed by atoms with Crippen molar-refractivity contribution < 1.29 is 12.3 Å². The summed E-state index contributed by atoms with van der Waals surface area (Å²) >= 11 is 1.89. The smallest absolute Gasteiger partial charge is 0.287 e. The van der Waals surface area contributed by atoms with Gasteiger partial charge in [-0.2, -0.15) is 10.3 Å². The summed E-state index contributed by atoms with van der Waals surface area (Å²) in [6.45, 7) is 7.49. The van der Waals surface area contributed by atoms with Crippen molar-refractivity contribution in [3.05, 3.63) is 35.4 Å². The van der Waals surface area contributed by atoms with E-state index in [0.717, 1.165) is 11.1 Å². The van der Waals surface area contributed by atoms with E-state index in [4.69, 9.17) is 12.7 Å². The van der Waals surface area contributed by atoms with Gasteiger partial charge in [0.2, 0.25) is 6.08 Å². The molecule has 5 heteroatoms. The molecule has 1 unspecified atom stereocenters. The average molecular weight is 403 g/mol. The molecule has 1 atom stereocenters. The molecule has 0 aliphatic heterocycles. The number of rotatable bonds is 4.